The van der Waals surface area contributed by atoms with Gasteiger partial charge in [-0.25, -0.2) is 0 Å². The molecular weight excluding hydrogens is 468 g/mol. The van der Waals surface area contributed by atoms with Crippen molar-refractivity contribution in [2.45, 2.75) is 45.2 Å². The highest BCUT2D eigenvalue weighted by Gasteiger charge is 2.28. The van der Waals surface area contributed by atoms with E-state index in [1.54, 1.807) is 7.11 Å². The molecule has 2 N–H and O–H groups in total. The molecule has 0 bridgehead atoms. The molecule has 8 nitrogen and oxygen atoms in total. The lowest BCUT2D eigenvalue weighted by Gasteiger charge is -2.37. The van der Waals surface area contributed by atoms with Gasteiger partial charge in [-0.3, -0.25) is 9.78 Å². The van der Waals surface area contributed by atoms with Gasteiger partial charge >= 0.3 is 0 Å². The molecular formula is C29H34N4O4. The first-order valence-corrected chi connectivity index (χ1v) is 13.2. The Morgan fingerprint density at radius 2 is 2.00 bits per heavy atom. The van der Waals surface area contributed by atoms with Crippen LogP contribution >= 0.6 is 0 Å². The van der Waals surface area contributed by atoms with E-state index in [0.717, 1.165) is 77.6 Å². The number of nitrogens with one attached hydrogen (secondary N) is 2. The topological polar surface area (TPSA) is 85.0 Å². The lowest BCUT2D eigenvalue weighted by Crippen LogP contribution is -2.40. The second kappa shape index (κ2) is 10.1. The maximum Gasteiger partial charge on any atom is 0.262 e. The Bertz CT molecular complexity index is 1310. The largest absolute Gasteiger partial charge is 0.497 e. The number of nitrogens with zero attached hydrogens (tertiary/aromatic N) is 2. The maximum atomic E-state index is 11.8. The van der Waals surface area contributed by atoms with Crippen LogP contribution in [-0.4, -0.2) is 50.3 Å². The molecule has 1 aliphatic carbocycles. The summed E-state index contributed by atoms with van der Waals surface area (Å²) < 4.78 is 17.0. The molecule has 37 heavy (non-hydrogen) atoms. The van der Waals surface area contributed by atoms with Gasteiger partial charge < -0.3 is 29.7 Å². The third-order valence-corrected chi connectivity index (χ3v) is 8.02. The third kappa shape index (κ3) is 4.78. The standard InChI is InChI=1S/C29H34N4O4/c1-18-20(5-10-25-28(18)32-27(34)17-37-25)14-30-21-6-3-19(4-7-21)16-33-11-12-36-26-15-31-24-9-8-22(35-2)13-23(24)29(26)33/h5,8-10,13,15,19,21,30H,3-4,6-7,11-12,14,16-17H2,1-2H3,(H,32,34). The van der Waals surface area contributed by atoms with Crippen LogP contribution in [0.25, 0.3) is 10.9 Å². The number of benzene rings is 2. The Morgan fingerprint density at radius 3 is 2.84 bits per heavy atom. The Labute approximate surface area is 217 Å². The summed E-state index contributed by atoms with van der Waals surface area (Å²) in [6.45, 7) is 5.54. The van der Waals surface area contributed by atoms with Gasteiger partial charge in [-0.15, -0.1) is 0 Å². The van der Waals surface area contributed by atoms with E-state index >= 15 is 0 Å². The number of amides is 1. The van der Waals surface area contributed by atoms with Crippen molar-refractivity contribution in [1.29, 1.82) is 0 Å². The molecule has 194 valence electrons. The van der Waals surface area contributed by atoms with Gasteiger partial charge in [-0.1, -0.05) is 6.07 Å². The maximum absolute atomic E-state index is 11.8. The van der Waals surface area contributed by atoms with Crippen LogP contribution in [0.3, 0.4) is 0 Å². The van der Waals surface area contributed by atoms with Crippen molar-refractivity contribution in [3.63, 3.8) is 0 Å². The average Bonchev–Trinajstić information content (AvgIpc) is 2.93. The van der Waals surface area contributed by atoms with Gasteiger partial charge in [0.05, 0.1) is 36.7 Å². The minimum absolute atomic E-state index is 0.0879. The van der Waals surface area contributed by atoms with Gasteiger partial charge in [-0.2, -0.15) is 0 Å². The number of carbonyl (C=O) groups excluding carboxylic acids is 1. The first-order chi connectivity index (χ1) is 18.1. The summed E-state index contributed by atoms with van der Waals surface area (Å²) >= 11 is 0. The molecule has 0 saturated heterocycles. The fourth-order valence-electron chi connectivity index (χ4n) is 5.89. The normalized spacial score (nSPS) is 20.9. The van der Waals surface area contributed by atoms with Crippen LogP contribution in [0.15, 0.2) is 36.5 Å². The summed E-state index contributed by atoms with van der Waals surface area (Å²) in [6.07, 6.45) is 6.58. The summed E-state index contributed by atoms with van der Waals surface area (Å²) in [4.78, 5) is 18.8. The highest BCUT2D eigenvalue weighted by atomic mass is 16.5. The van der Waals surface area contributed by atoms with E-state index in [4.69, 9.17) is 14.2 Å². The van der Waals surface area contributed by atoms with E-state index in [0.29, 0.717) is 18.6 Å². The van der Waals surface area contributed by atoms with Crippen LogP contribution in [0.1, 0.15) is 36.8 Å². The molecule has 1 aromatic heterocycles. The van der Waals surface area contributed by atoms with Crippen molar-refractivity contribution in [2.24, 2.45) is 5.92 Å². The van der Waals surface area contributed by atoms with Crippen molar-refractivity contribution in [1.82, 2.24) is 10.3 Å². The Kier molecular flexibility index (Phi) is 6.50. The molecule has 2 aliphatic heterocycles. The SMILES string of the molecule is COc1ccc2ncc3c(c2c1)N(CC1CCC(NCc2ccc4c(c2C)NC(=O)CO4)CC1)CCO3. The lowest BCUT2D eigenvalue weighted by molar-refractivity contribution is -0.118. The molecule has 0 unspecified atom stereocenters. The molecule has 0 atom stereocenters. The van der Waals surface area contributed by atoms with Crippen molar-refractivity contribution in [3.05, 3.63) is 47.7 Å². The molecule has 1 amide bonds. The van der Waals surface area contributed by atoms with Gasteiger partial charge in [-0.05, 0) is 73.9 Å². The molecule has 1 saturated carbocycles. The minimum atomic E-state index is -0.0923. The summed E-state index contributed by atoms with van der Waals surface area (Å²) in [5.74, 6) is 3.02. The smallest absolute Gasteiger partial charge is 0.262 e. The summed E-state index contributed by atoms with van der Waals surface area (Å²) in [5.41, 5.74) is 5.20. The number of aromatic nitrogens is 1. The van der Waals surface area contributed by atoms with Crippen molar-refractivity contribution in [3.8, 4) is 17.2 Å². The number of methoxy groups -OCH3 is 1. The van der Waals surface area contributed by atoms with Crippen LogP contribution in [0.4, 0.5) is 11.4 Å². The molecule has 6 rings (SSSR count). The number of carbonyl (C=O) groups is 1. The van der Waals surface area contributed by atoms with E-state index in [1.807, 2.05) is 24.4 Å². The first kappa shape index (κ1) is 23.9. The predicted octanol–water partition coefficient (Wildman–Crippen LogP) is 4.43. The van der Waals surface area contributed by atoms with Gasteiger partial charge in [0.2, 0.25) is 0 Å². The van der Waals surface area contributed by atoms with Crippen molar-refractivity contribution in [2.75, 3.05) is 43.6 Å². The second-order valence-corrected chi connectivity index (χ2v) is 10.3. The van der Waals surface area contributed by atoms with Crippen molar-refractivity contribution < 1.29 is 19.0 Å². The zero-order valence-corrected chi connectivity index (χ0v) is 21.5. The van der Waals surface area contributed by atoms with Crippen LogP contribution < -0.4 is 29.7 Å². The van der Waals surface area contributed by atoms with Gasteiger partial charge in [0.25, 0.3) is 5.91 Å². The number of fused-ring (bicyclic) bond motifs is 4. The fourth-order valence-corrected chi connectivity index (χ4v) is 5.89. The second-order valence-electron chi connectivity index (χ2n) is 10.3. The molecule has 3 heterocycles. The monoisotopic (exact) mass is 502 g/mol. The Hall–Kier alpha value is -3.52. The highest BCUT2D eigenvalue weighted by Crippen LogP contribution is 2.40. The van der Waals surface area contributed by atoms with Crippen molar-refractivity contribution >= 4 is 28.2 Å². The molecule has 3 aliphatic rings. The van der Waals surface area contributed by atoms with Crippen LogP contribution in [0.5, 0.6) is 17.2 Å². The number of anilines is 2. The fraction of sp³-hybridized carbons (Fsp3) is 0.448. The molecule has 0 radical (unpaired) electrons. The van der Waals surface area contributed by atoms with E-state index in [2.05, 4.69) is 39.6 Å². The van der Waals surface area contributed by atoms with Gasteiger partial charge in [0, 0.05) is 24.5 Å². The summed E-state index contributed by atoms with van der Waals surface area (Å²) in [6, 6.07) is 10.6. The van der Waals surface area contributed by atoms with Gasteiger partial charge in [0.15, 0.2) is 12.4 Å². The predicted molar refractivity (Wildman–Crippen MR) is 144 cm³/mol. The zero-order chi connectivity index (χ0) is 25.4. The summed E-state index contributed by atoms with van der Waals surface area (Å²) in [7, 11) is 1.70. The number of hydrogen-bond donors (Lipinski definition) is 2. The first-order valence-electron chi connectivity index (χ1n) is 13.2. The Balaban J connectivity index is 1.08. The molecule has 1 fully saturated rings. The third-order valence-electron chi connectivity index (χ3n) is 8.02. The average molecular weight is 503 g/mol. The van der Waals surface area contributed by atoms with Crippen LogP contribution in [0, 0.1) is 12.8 Å². The summed E-state index contributed by atoms with van der Waals surface area (Å²) in [5, 5.41) is 7.82. The van der Waals surface area contributed by atoms with Crippen LogP contribution in [-0.2, 0) is 11.3 Å². The van der Waals surface area contributed by atoms with E-state index < -0.39 is 0 Å². The Morgan fingerprint density at radius 1 is 1.14 bits per heavy atom. The van der Waals surface area contributed by atoms with E-state index in [-0.39, 0.29) is 12.5 Å². The molecule has 3 aromatic rings. The number of hydrogen-bond acceptors (Lipinski definition) is 7. The highest BCUT2D eigenvalue weighted by molar-refractivity contribution is 5.97. The van der Waals surface area contributed by atoms with E-state index in [1.165, 1.54) is 18.4 Å². The zero-order valence-electron chi connectivity index (χ0n) is 21.5. The number of ether oxygens (including phenoxy) is 3. The van der Waals surface area contributed by atoms with Crippen LogP contribution in [0.2, 0.25) is 0 Å². The quantitative estimate of drug-likeness (QED) is 0.516. The lowest BCUT2D eigenvalue weighted by atomic mass is 9.85. The van der Waals surface area contributed by atoms with Gasteiger partial charge in [0.1, 0.15) is 18.1 Å². The number of pyridine rings is 1. The molecule has 2 aromatic carbocycles. The number of rotatable bonds is 6. The van der Waals surface area contributed by atoms with E-state index in [9.17, 15) is 4.79 Å². The molecule has 8 heteroatoms. The minimum Gasteiger partial charge on any atom is -0.497 e. The molecule has 0 spiro atoms.